The molecule has 4 nitrogen and oxygen atoms in total. The maximum absolute atomic E-state index is 10.1. The molecule has 0 rings (SSSR count). The Morgan fingerprint density at radius 3 is 2.82 bits per heavy atom. The van der Waals surface area contributed by atoms with E-state index >= 15 is 0 Å². The number of carbonyl (C=O) groups is 1. The Balaban J connectivity index is 2.85. The highest BCUT2D eigenvalue weighted by molar-refractivity contribution is 5.74. The van der Waals surface area contributed by atoms with Crippen molar-refractivity contribution in [2.75, 3.05) is 13.2 Å². The van der Waals surface area contributed by atoms with Crippen LogP contribution in [0.25, 0.3) is 0 Å². The third kappa shape index (κ3) is 9.39. The van der Waals surface area contributed by atoms with Crippen LogP contribution in [0.1, 0.15) is 26.2 Å². The molecule has 0 aliphatic rings. The van der Waals surface area contributed by atoms with Crippen molar-refractivity contribution in [1.29, 1.82) is 0 Å². The lowest BCUT2D eigenvalue weighted by atomic mass is 10.3. The van der Waals surface area contributed by atoms with Gasteiger partial charge in [-0.25, -0.2) is 5.48 Å². The van der Waals surface area contributed by atoms with E-state index in [4.69, 9.17) is 10.6 Å². The minimum atomic E-state index is -0.451. The highest BCUT2D eigenvalue weighted by atomic mass is 16.6. The lowest BCUT2D eigenvalue weighted by Gasteiger charge is -2.01. The molecule has 0 fully saturated rings. The lowest BCUT2D eigenvalue weighted by molar-refractivity contribution is -0.125. The minimum Gasteiger partial charge on any atom is -0.368 e. The molecule has 3 N–H and O–H groups in total. The van der Waals surface area contributed by atoms with Gasteiger partial charge in [-0.3, -0.25) is 9.63 Å². The zero-order valence-corrected chi connectivity index (χ0v) is 6.93. The van der Waals surface area contributed by atoms with Gasteiger partial charge in [0.05, 0.1) is 0 Å². The summed E-state index contributed by atoms with van der Waals surface area (Å²) in [5.41, 5.74) is 7.48. The van der Waals surface area contributed by atoms with Gasteiger partial charge in [-0.2, -0.15) is 0 Å². The number of primary amides is 1. The second-order valence-corrected chi connectivity index (χ2v) is 2.36. The highest BCUT2D eigenvalue weighted by Gasteiger charge is 1.91. The maximum Gasteiger partial charge on any atom is 0.245 e. The molecule has 66 valence electrons. The largest absolute Gasteiger partial charge is 0.368 e. The number of rotatable bonds is 7. The molecule has 0 aromatic rings. The third-order valence-electron chi connectivity index (χ3n) is 1.20. The molecule has 0 radical (unpaired) electrons. The quantitative estimate of drug-likeness (QED) is 0.412. The number of hydrogen-bond donors (Lipinski definition) is 2. The first-order valence-corrected chi connectivity index (χ1v) is 3.90. The van der Waals surface area contributed by atoms with Crippen molar-refractivity contribution >= 4 is 5.91 Å². The third-order valence-corrected chi connectivity index (χ3v) is 1.20. The van der Waals surface area contributed by atoms with Crippen LogP contribution in [0.2, 0.25) is 0 Å². The molecule has 0 saturated carbocycles. The molecule has 0 aromatic carbocycles. The first kappa shape index (κ1) is 10.4. The summed E-state index contributed by atoms with van der Waals surface area (Å²) in [7, 11) is 0. The van der Waals surface area contributed by atoms with Crippen LogP contribution in [0.3, 0.4) is 0 Å². The molecular formula is C7H16N2O2. The van der Waals surface area contributed by atoms with Crippen molar-refractivity contribution in [3.63, 3.8) is 0 Å². The normalized spacial score (nSPS) is 9.91. The van der Waals surface area contributed by atoms with E-state index in [1.165, 1.54) is 12.8 Å². The van der Waals surface area contributed by atoms with Gasteiger partial charge in [-0.1, -0.05) is 19.8 Å². The van der Waals surface area contributed by atoms with Gasteiger partial charge in [0.25, 0.3) is 0 Å². The molecule has 0 atom stereocenters. The van der Waals surface area contributed by atoms with Gasteiger partial charge in [0.2, 0.25) is 5.91 Å². The van der Waals surface area contributed by atoms with Gasteiger partial charge in [0.1, 0.15) is 6.61 Å². The monoisotopic (exact) mass is 160 g/mol. The average Bonchev–Trinajstić information content (AvgIpc) is 1.96. The molecule has 0 unspecified atom stereocenters. The van der Waals surface area contributed by atoms with E-state index in [9.17, 15) is 4.79 Å². The summed E-state index contributed by atoms with van der Waals surface area (Å²) in [4.78, 5) is 14.9. The second-order valence-electron chi connectivity index (χ2n) is 2.36. The van der Waals surface area contributed by atoms with Crippen LogP contribution in [0.5, 0.6) is 0 Å². The number of nitrogens with one attached hydrogen (secondary N) is 1. The van der Waals surface area contributed by atoms with E-state index < -0.39 is 5.91 Å². The Hall–Kier alpha value is -0.610. The van der Waals surface area contributed by atoms with Crippen LogP contribution in [0.15, 0.2) is 0 Å². The van der Waals surface area contributed by atoms with Gasteiger partial charge in [0.15, 0.2) is 0 Å². The van der Waals surface area contributed by atoms with Gasteiger partial charge < -0.3 is 5.73 Å². The molecule has 0 saturated heterocycles. The molecule has 4 heteroatoms. The van der Waals surface area contributed by atoms with Crippen molar-refractivity contribution in [2.24, 2.45) is 5.73 Å². The van der Waals surface area contributed by atoms with Crippen LogP contribution < -0.4 is 11.2 Å². The maximum atomic E-state index is 10.1. The number of hydrogen-bond acceptors (Lipinski definition) is 3. The zero-order valence-electron chi connectivity index (χ0n) is 6.93. The van der Waals surface area contributed by atoms with E-state index in [-0.39, 0.29) is 6.61 Å². The Kier molecular flexibility index (Phi) is 7.08. The lowest BCUT2D eigenvalue weighted by Crippen LogP contribution is -2.25. The first-order valence-electron chi connectivity index (χ1n) is 3.90. The summed E-state index contributed by atoms with van der Waals surface area (Å²) in [6, 6.07) is 0. The molecule has 0 bridgehead atoms. The summed E-state index contributed by atoms with van der Waals surface area (Å²) >= 11 is 0. The minimum absolute atomic E-state index is 0.0495. The number of carbonyl (C=O) groups excluding carboxylic acids is 1. The molecule has 1 amide bonds. The molecule has 0 aliphatic carbocycles. The number of amides is 1. The number of unbranched alkanes of at least 4 members (excludes halogenated alkanes) is 2. The van der Waals surface area contributed by atoms with Gasteiger partial charge >= 0.3 is 0 Å². The fourth-order valence-electron chi connectivity index (χ4n) is 0.641. The fourth-order valence-corrected chi connectivity index (χ4v) is 0.641. The van der Waals surface area contributed by atoms with Crippen molar-refractivity contribution in [3.05, 3.63) is 0 Å². The molecule has 0 aromatic heterocycles. The van der Waals surface area contributed by atoms with E-state index in [0.29, 0.717) is 0 Å². The van der Waals surface area contributed by atoms with Crippen molar-refractivity contribution < 1.29 is 9.63 Å². The molecular weight excluding hydrogens is 144 g/mol. The van der Waals surface area contributed by atoms with E-state index in [1.54, 1.807) is 0 Å². The van der Waals surface area contributed by atoms with Gasteiger partial charge in [-0.15, -0.1) is 0 Å². The molecule has 0 heterocycles. The van der Waals surface area contributed by atoms with Crippen LogP contribution >= 0.6 is 0 Å². The Labute approximate surface area is 67.0 Å². The van der Waals surface area contributed by atoms with Gasteiger partial charge in [0, 0.05) is 6.54 Å². The Morgan fingerprint density at radius 2 is 2.27 bits per heavy atom. The molecule has 11 heavy (non-hydrogen) atoms. The van der Waals surface area contributed by atoms with Crippen molar-refractivity contribution in [1.82, 2.24) is 5.48 Å². The predicted molar refractivity (Wildman–Crippen MR) is 42.7 cm³/mol. The summed E-state index contributed by atoms with van der Waals surface area (Å²) in [6.07, 6.45) is 3.42. The predicted octanol–water partition coefficient (Wildman–Crippen LogP) is 0.183. The molecule has 0 spiro atoms. The second kappa shape index (κ2) is 7.50. The van der Waals surface area contributed by atoms with Crippen molar-refractivity contribution in [2.45, 2.75) is 26.2 Å². The SMILES string of the molecule is CCCCCNOCC(N)=O. The number of nitrogens with two attached hydrogens (primary N) is 1. The van der Waals surface area contributed by atoms with E-state index in [0.717, 1.165) is 13.0 Å². The van der Waals surface area contributed by atoms with Crippen LogP contribution in [-0.2, 0) is 9.63 Å². The van der Waals surface area contributed by atoms with Gasteiger partial charge in [-0.05, 0) is 6.42 Å². The summed E-state index contributed by atoms with van der Waals surface area (Å²) < 4.78 is 0. The fraction of sp³-hybridized carbons (Fsp3) is 0.857. The first-order chi connectivity index (χ1) is 5.27. The number of hydroxylamine groups is 1. The average molecular weight is 160 g/mol. The van der Waals surface area contributed by atoms with Crippen LogP contribution in [0, 0.1) is 0 Å². The smallest absolute Gasteiger partial charge is 0.245 e. The van der Waals surface area contributed by atoms with Crippen LogP contribution in [0.4, 0.5) is 0 Å². The summed E-state index contributed by atoms with van der Waals surface area (Å²) in [6.45, 7) is 2.86. The Morgan fingerprint density at radius 1 is 1.55 bits per heavy atom. The summed E-state index contributed by atoms with van der Waals surface area (Å²) in [5, 5.41) is 0. The Bertz CT molecular complexity index is 107. The van der Waals surface area contributed by atoms with E-state index in [2.05, 4.69) is 12.4 Å². The van der Waals surface area contributed by atoms with Crippen molar-refractivity contribution in [3.8, 4) is 0 Å². The summed E-state index contributed by atoms with van der Waals surface area (Å²) in [5.74, 6) is -0.451. The highest BCUT2D eigenvalue weighted by Crippen LogP contribution is 1.90. The standard InChI is InChI=1S/C7H16N2O2/c1-2-3-4-5-9-11-6-7(8)10/h9H,2-6H2,1H3,(H2,8,10). The topological polar surface area (TPSA) is 64.3 Å². The van der Waals surface area contributed by atoms with E-state index in [1.807, 2.05) is 0 Å². The molecule has 0 aliphatic heterocycles. The van der Waals surface area contributed by atoms with Crippen LogP contribution in [-0.4, -0.2) is 19.1 Å². The zero-order chi connectivity index (χ0) is 8.53.